The molecule has 0 aliphatic carbocycles. The van der Waals surface area contributed by atoms with Gasteiger partial charge in [-0.2, -0.15) is 0 Å². The number of unbranched alkanes of at least 4 members (excludes halogenated alkanes) is 1. The van der Waals surface area contributed by atoms with E-state index in [0.29, 0.717) is 0 Å². The summed E-state index contributed by atoms with van der Waals surface area (Å²) in [5.74, 6) is 0.780. The lowest BCUT2D eigenvalue weighted by Crippen LogP contribution is -2.38. The number of likely N-dealkylation sites (tertiary alicyclic amines) is 1. The zero-order valence-electron chi connectivity index (χ0n) is 11.5. The SMILES string of the molecule is CC(C)CNCCCCN1CCCCC1C. The first kappa shape index (κ1) is 14.0. The third-order valence-electron chi connectivity index (χ3n) is 3.54. The molecule has 0 spiro atoms. The van der Waals surface area contributed by atoms with Crippen LogP contribution in [0.2, 0.25) is 0 Å². The van der Waals surface area contributed by atoms with Crippen LogP contribution in [0, 0.1) is 5.92 Å². The third-order valence-corrected chi connectivity index (χ3v) is 3.54. The largest absolute Gasteiger partial charge is 0.316 e. The van der Waals surface area contributed by atoms with Crippen molar-refractivity contribution in [2.45, 2.75) is 58.9 Å². The second-order valence-electron chi connectivity index (χ2n) is 5.69. The number of piperidine rings is 1. The molecule has 0 amide bonds. The minimum Gasteiger partial charge on any atom is -0.316 e. The van der Waals surface area contributed by atoms with E-state index in [2.05, 4.69) is 31.0 Å². The predicted molar refractivity (Wildman–Crippen MR) is 71.8 cm³/mol. The first-order valence-electron chi connectivity index (χ1n) is 7.15. The summed E-state index contributed by atoms with van der Waals surface area (Å²) in [7, 11) is 0. The Morgan fingerprint density at radius 2 is 2.06 bits per heavy atom. The lowest BCUT2D eigenvalue weighted by Gasteiger charge is -2.33. The van der Waals surface area contributed by atoms with Crippen molar-refractivity contribution < 1.29 is 0 Å². The van der Waals surface area contributed by atoms with Gasteiger partial charge in [-0.1, -0.05) is 20.3 Å². The molecule has 1 saturated heterocycles. The van der Waals surface area contributed by atoms with E-state index in [0.717, 1.165) is 12.0 Å². The van der Waals surface area contributed by atoms with Gasteiger partial charge in [0.05, 0.1) is 0 Å². The van der Waals surface area contributed by atoms with Gasteiger partial charge in [0.1, 0.15) is 0 Å². The molecule has 1 N–H and O–H groups in total. The highest BCUT2D eigenvalue weighted by molar-refractivity contribution is 4.72. The summed E-state index contributed by atoms with van der Waals surface area (Å²) in [5, 5.41) is 3.52. The van der Waals surface area contributed by atoms with Gasteiger partial charge in [-0.3, -0.25) is 0 Å². The Morgan fingerprint density at radius 3 is 2.75 bits per heavy atom. The Hall–Kier alpha value is -0.0800. The molecule has 0 aromatic heterocycles. The lowest BCUT2D eigenvalue weighted by molar-refractivity contribution is 0.158. The van der Waals surface area contributed by atoms with Crippen molar-refractivity contribution >= 4 is 0 Å². The third kappa shape index (κ3) is 5.86. The maximum atomic E-state index is 3.52. The summed E-state index contributed by atoms with van der Waals surface area (Å²) in [4.78, 5) is 2.67. The quantitative estimate of drug-likeness (QED) is 0.672. The molecular weight excluding hydrogens is 196 g/mol. The molecule has 96 valence electrons. The zero-order chi connectivity index (χ0) is 11.8. The standard InChI is InChI=1S/C14H30N2/c1-13(2)12-15-9-5-7-11-16-10-6-4-8-14(16)3/h13-15H,4-12H2,1-3H3. The van der Waals surface area contributed by atoms with Gasteiger partial charge in [-0.05, 0) is 64.7 Å². The second kappa shape index (κ2) is 8.08. The molecule has 0 bridgehead atoms. The van der Waals surface area contributed by atoms with Gasteiger partial charge in [-0.25, -0.2) is 0 Å². The Bertz CT molecular complexity index is 168. The first-order valence-corrected chi connectivity index (χ1v) is 7.15. The second-order valence-corrected chi connectivity index (χ2v) is 5.69. The van der Waals surface area contributed by atoms with Gasteiger partial charge >= 0.3 is 0 Å². The van der Waals surface area contributed by atoms with Gasteiger partial charge < -0.3 is 10.2 Å². The Kier molecular flexibility index (Phi) is 7.06. The Morgan fingerprint density at radius 1 is 1.25 bits per heavy atom. The van der Waals surface area contributed by atoms with Crippen molar-refractivity contribution in [1.82, 2.24) is 10.2 Å². The summed E-state index contributed by atoms with van der Waals surface area (Å²) < 4.78 is 0. The summed E-state index contributed by atoms with van der Waals surface area (Å²) in [6, 6.07) is 0.831. The number of nitrogens with zero attached hydrogens (tertiary/aromatic N) is 1. The molecule has 1 heterocycles. The van der Waals surface area contributed by atoms with Gasteiger partial charge in [0.15, 0.2) is 0 Å². The maximum absolute atomic E-state index is 3.52. The molecule has 1 rings (SSSR count). The lowest BCUT2D eigenvalue weighted by atomic mass is 10.0. The van der Waals surface area contributed by atoms with Crippen LogP contribution in [0.25, 0.3) is 0 Å². The van der Waals surface area contributed by atoms with E-state index in [-0.39, 0.29) is 0 Å². The number of hydrogen-bond donors (Lipinski definition) is 1. The average molecular weight is 226 g/mol. The molecule has 0 radical (unpaired) electrons. The molecule has 0 aromatic carbocycles. The van der Waals surface area contributed by atoms with E-state index in [9.17, 15) is 0 Å². The minimum absolute atomic E-state index is 0.780. The molecule has 1 atom stereocenters. The summed E-state index contributed by atoms with van der Waals surface area (Å²) in [5.41, 5.74) is 0. The fourth-order valence-electron chi connectivity index (χ4n) is 2.45. The minimum atomic E-state index is 0.780. The van der Waals surface area contributed by atoms with Gasteiger partial charge in [0, 0.05) is 6.04 Å². The molecule has 16 heavy (non-hydrogen) atoms. The van der Waals surface area contributed by atoms with Crippen molar-refractivity contribution in [2.24, 2.45) is 5.92 Å². The Balaban J connectivity index is 1.94. The summed E-state index contributed by atoms with van der Waals surface area (Å²) in [6.07, 6.45) is 6.94. The van der Waals surface area contributed by atoms with E-state index in [1.807, 2.05) is 0 Å². The highest BCUT2D eigenvalue weighted by atomic mass is 15.1. The van der Waals surface area contributed by atoms with Crippen molar-refractivity contribution in [3.05, 3.63) is 0 Å². The maximum Gasteiger partial charge on any atom is 0.00669 e. The number of rotatable bonds is 7. The normalized spacial score (nSPS) is 22.9. The average Bonchev–Trinajstić information content (AvgIpc) is 2.25. The Labute approximate surface area is 102 Å². The highest BCUT2D eigenvalue weighted by Crippen LogP contribution is 2.16. The fraction of sp³-hybridized carbons (Fsp3) is 1.00. The molecule has 2 nitrogen and oxygen atoms in total. The van der Waals surface area contributed by atoms with Crippen LogP contribution in [0.15, 0.2) is 0 Å². The van der Waals surface area contributed by atoms with E-state index in [4.69, 9.17) is 0 Å². The molecule has 1 fully saturated rings. The van der Waals surface area contributed by atoms with Gasteiger partial charge in [0.2, 0.25) is 0 Å². The van der Waals surface area contributed by atoms with Crippen LogP contribution in [0.5, 0.6) is 0 Å². The van der Waals surface area contributed by atoms with E-state index in [1.165, 1.54) is 58.3 Å². The monoisotopic (exact) mass is 226 g/mol. The molecule has 1 unspecified atom stereocenters. The molecule has 2 heteroatoms. The van der Waals surface area contributed by atoms with Crippen LogP contribution in [-0.2, 0) is 0 Å². The summed E-state index contributed by atoms with van der Waals surface area (Å²) >= 11 is 0. The number of nitrogens with one attached hydrogen (secondary N) is 1. The van der Waals surface area contributed by atoms with E-state index < -0.39 is 0 Å². The predicted octanol–water partition coefficient (Wildman–Crippen LogP) is 2.89. The molecular formula is C14H30N2. The number of hydrogen-bond acceptors (Lipinski definition) is 2. The molecule has 0 saturated carbocycles. The van der Waals surface area contributed by atoms with Crippen LogP contribution in [0.3, 0.4) is 0 Å². The molecule has 1 aliphatic heterocycles. The van der Waals surface area contributed by atoms with Gasteiger partial charge in [0.25, 0.3) is 0 Å². The highest BCUT2D eigenvalue weighted by Gasteiger charge is 2.16. The van der Waals surface area contributed by atoms with Crippen LogP contribution in [0.4, 0.5) is 0 Å². The van der Waals surface area contributed by atoms with Crippen molar-refractivity contribution in [3.63, 3.8) is 0 Å². The van der Waals surface area contributed by atoms with Crippen LogP contribution in [0.1, 0.15) is 52.9 Å². The van der Waals surface area contributed by atoms with E-state index in [1.54, 1.807) is 0 Å². The smallest absolute Gasteiger partial charge is 0.00669 e. The first-order chi connectivity index (χ1) is 7.70. The fourth-order valence-corrected chi connectivity index (χ4v) is 2.45. The van der Waals surface area contributed by atoms with Crippen molar-refractivity contribution in [1.29, 1.82) is 0 Å². The topological polar surface area (TPSA) is 15.3 Å². The molecule has 0 aromatic rings. The van der Waals surface area contributed by atoms with Gasteiger partial charge in [-0.15, -0.1) is 0 Å². The zero-order valence-corrected chi connectivity index (χ0v) is 11.5. The summed E-state index contributed by atoms with van der Waals surface area (Å²) in [6.45, 7) is 11.9. The van der Waals surface area contributed by atoms with Crippen LogP contribution < -0.4 is 5.32 Å². The van der Waals surface area contributed by atoms with Crippen molar-refractivity contribution in [2.75, 3.05) is 26.2 Å². The van der Waals surface area contributed by atoms with E-state index >= 15 is 0 Å². The molecule has 1 aliphatic rings. The van der Waals surface area contributed by atoms with Crippen LogP contribution in [-0.4, -0.2) is 37.1 Å². The van der Waals surface area contributed by atoms with Crippen molar-refractivity contribution in [3.8, 4) is 0 Å². The van der Waals surface area contributed by atoms with Crippen LogP contribution >= 0.6 is 0 Å².